The summed E-state index contributed by atoms with van der Waals surface area (Å²) in [6.07, 6.45) is 11.2. The number of likely N-dealkylation sites (tertiary alicyclic amines) is 1. The van der Waals surface area contributed by atoms with E-state index in [-0.39, 0.29) is 0 Å². The van der Waals surface area contributed by atoms with Crippen LogP contribution in [0.25, 0.3) is 0 Å². The van der Waals surface area contributed by atoms with Gasteiger partial charge in [-0.1, -0.05) is 23.7 Å². The van der Waals surface area contributed by atoms with Gasteiger partial charge in [0.2, 0.25) is 0 Å². The summed E-state index contributed by atoms with van der Waals surface area (Å²) in [5.74, 6) is 1.87. The molecule has 0 aromatic heterocycles. The molecule has 27 heavy (non-hydrogen) atoms. The van der Waals surface area contributed by atoms with E-state index < -0.39 is 0 Å². The summed E-state index contributed by atoms with van der Waals surface area (Å²) in [4.78, 5) is 2.48. The largest absolute Gasteiger partial charge is 0.311 e. The van der Waals surface area contributed by atoms with Crippen molar-refractivity contribution in [3.05, 3.63) is 34.9 Å². The maximum Gasteiger partial charge on any atom is 0.0406 e. The minimum absolute atomic E-state index is 0.414. The first kappa shape index (κ1) is 18.5. The third kappa shape index (κ3) is 3.26. The summed E-state index contributed by atoms with van der Waals surface area (Å²) < 4.78 is 0. The quantitative estimate of drug-likeness (QED) is 0.760. The van der Waals surface area contributed by atoms with Crippen LogP contribution in [0.4, 0.5) is 0 Å². The number of nitrogens with zero attached hydrogens (tertiary/aromatic N) is 1. The third-order valence-corrected chi connectivity index (χ3v) is 8.94. The Morgan fingerprint density at radius 3 is 2.30 bits per heavy atom. The highest BCUT2D eigenvalue weighted by molar-refractivity contribution is 6.30. The molecule has 4 bridgehead atoms. The zero-order valence-electron chi connectivity index (χ0n) is 17.0. The van der Waals surface area contributed by atoms with E-state index in [1.807, 2.05) is 0 Å². The average Bonchev–Trinajstić information content (AvgIpc) is 2.63. The lowest BCUT2D eigenvalue weighted by Gasteiger charge is -2.64. The third-order valence-electron chi connectivity index (χ3n) is 8.69. The van der Waals surface area contributed by atoms with Crippen molar-refractivity contribution in [3.63, 3.8) is 0 Å². The van der Waals surface area contributed by atoms with Gasteiger partial charge in [0.05, 0.1) is 0 Å². The highest BCUT2D eigenvalue weighted by atomic mass is 35.5. The summed E-state index contributed by atoms with van der Waals surface area (Å²) in [6.45, 7) is 5.01. The molecule has 1 aromatic carbocycles. The molecular weight excluding hydrogens is 352 g/mol. The molecule has 6 rings (SSSR count). The van der Waals surface area contributed by atoms with Gasteiger partial charge >= 0.3 is 0 Å². The molecule has 2 nitrogen and oxygen atoms in total. The monoisotopic (exact) mass is 386 g/mol. The number of benzene rings is 1. The van der Waals surface area contributed by atoms with Crippen molar-refractivity contribution in [2.24, 2.45) is 17.3 Å². The number of hydrogen-bond acceptors (Lipinski definition) is 2. The zero-order chi connectivity index (χ0) is 18.6. The summed E-state index contributed by atoms with van der Waals surface area (Å²) in [6, 6.07) is 10.3. The van der Waals surface area contributed by atoms with Gasteiger partial charge in [-0.15, -0.1) is 0 Å². The van der Waals surface area contributed by atoms with Crippen LogP contribution in [-0.4, -0.2) is 37.1 Å². The van der Waals surface area contributed by atoms with E-state index in [9.17, 15) is 0 Å². The van der Waals surface area contributed by atoms with E-state index in [2.05, 4.69) is 48.5 Å². The molecule has 1 heterocycles. The predicted octanol–water partition coefficient (Wildman–Crippen LogP) is 5.25. The molecule has 0 amide bonds. The maximum absolute atomic E-state index is 6.20. The lowest BCUT2D eigenvalue weighted by atomic mass is 9.41. The van der Waals surface area contributed by atoms with Crippen LogP contribution in [-0.2, 0) is 5.41 Å². The number of halogens is 1. The Morgan fingerprint density at radius 1 is 1.04 bits per heavy atom. The fourth-order valence-corrected chi connectivity index (χ4v) is 7.81. The van der Waals surface area contributed by atoms with Crippen molar-refractivity contribution in [1.82, 2.24) is 10.2 Å². The molecule has 5 aliphatic rings. The van der Waals surface area contributed by atoms with Gasteiger partial charge < -0.3 is 10.2 Å². The lowest BCUT2D eigenvalue weighted by molar-refractivity contribution is -0.0903. The van der Waals surface area contributed by atoms with E-state index in [0.717, 1.165) is 22.9 Å². The van der Waals surface area contributed by atoms with Crippen LogP contribution in [0.2, 0.25) is 5.02 Å². The molecule has 4 aliphatic carbocycles. The van der Waals surface area contributed by atoms with Crippen LogP contribution in [0.15, 0.2) is 24.3 Å². The summed E-state index contributed by atoms with van der Waals surface area (Å²) in [5.41, 5.74) is 2.49. The molecule has 1 saturated heterocycles. The van der Waals surface area contributed by atoms with Crippen LogP contribution < -0.4 is 5.32 Å². The SMILES string of the molecule is C[C@H](NC1CCN(C)CC1)C12C[C@H]3C[C@@H](CC(c4ccc(Cl)cc4)(C3)C1)C2. The van der Waals surface area contributed by atoms with Crippen LogP contribution in [0.3, 0.4) is 0 Å². The van der Waals surface area contributed by atoms with Crippen molar-refractivity contribution in [3.8, 4) is 0 Å². The zero-order valence-corrected chi connectivity index (χ0v) is 17.8. The molecule has 148 valence electrons. The smallest absolute Gasteiger partial charge is 0.0406 e. The topological polar surface area (TPSA) is 15.3 Å². The minimum Gasteiger partial charge on any atom is -0.311 e. The normalized spacial score (nSPS) is 40.4. The summed E-state index contributed by atoms with van der Waals surface area (Å²) in [5, 5.41) is 5.00. The molecule has 3 atom stereocenters. The van der Waals surface area contributed by atoms with Crippen molar-refractivity contribution < 1.29 is 0 Å². The summed E-state index contributed by atoms with van der Waals surface area (Å²) >= 11 is 6.20. The standard InChI is InChI=1S/C24H35ClN2/c1-17(26-22-7-9-27(2)10-8-22)23-12-18-11-19(13-23)15-24(14-18,16-23)20-3-5-21(25)6-4-20/h3-6,17-19,22,26H,7-16H2,1-2H3/t17-,18+,19+,23?,24?/m0/s1. The Kier molecular flexibility index (Phi) is 4.61. The van der Waals surface area contributed by atoms with Crippen LogP contribution >= 0.6 is 11.6 Å². The Hall–Kier alpha value is -0.570. The fraction of sp³-hybridized carbons (Fsp3) is 0.750. The van der Waals surface area contributed by atoms with E-state index in [4.69, 9.17) is 11.6 Å². The van der Waals surface area contributed by atoms with Crippen LogP contribution in [0, 0.1) is 17.3 Å². The molecule has 1 N–H and O–H groups in total. The first-order valence-electron chi connectivity index (χ1n) is 11.2. The molecule has 0 radical (unpaired) electrons. The lowest BCUT2D eigenvalue weighted by Crippen LogP contribution is -2.61. The second kappa shape index (κ2) is 6.75. The maximum atomic E-state index is 6.20. The Balaban J connectivity index is 1.38. The number of nitrogens with one attached hydrogen (secondary N) is 1. The van der Waals surface area contributed by atoms with Crippen molar-refractivity contribution in [1.29, 1.82) is 0 Å². The van der Waals surface area contributed by atoms with Gasteiger partial charge in [0.1, 0.15) is 0 Å². The minimum atomic E-state index is 0.414. The van der Waals surface area contributed by atoms with Gasteiger partial charge in [0.15, 0.2) is 0 Å². The van der Waals surface area contributed by atoms with Gasteiger partial charge in [-0.3, -0.25) is 0 Å². The van der Waals surface area contributed by atoms with Gasteiger partial charge in [-0.2, -0.15) is 0 Å². The van der Waals surface area contributed by atoms with Crippen molar-refractivity contribution in [2.75, 3.05) is 20.1 Å². The first-order valence-corrected chi connectivity index (χ1v) is 11.5. The van der Waals surface area contributed by atoms with Gasteiger partial charge in [0, 0.05) is 17.1 Å². The summed E-state index contributed by atoms with van der Waals surface area (Å²) in [7, 11) is 2.26. The molecular formula is C24H35ClN2. The Bertz CT molecular complexity index is 662. The molecule has 5 fully saturated rings. The predicted molar refractivity (Wildman–Crippen MR) is 113 cm³/mol. The van der Waals surface area contributed by atoms with E-state index in [1.165, 1.54) is 64.5 Å². The van der Waals surface area contributed by atoms with Gasteiger partial charge in [-0.25, -0.2) is 0 Å². The van der Waals surface area contributed by atoms with Crippen molar-refractivity contribution in [2.45, 2.75) is 75.8 Å². The molecule has 1 aromatic rings. The van der Waals surface area contributed by atoms with Crippen LogP contribution in [0.5, 0.6) is 0 Å². The highest BCUT2D eigenvalue weighted by Gasteiger charge is 2.59. The molecule has 0 unspecified atom stereocenters. The second-order valence-corrected chi connectivity index (χ2v) is 11.0. The average molecular weight is 387 g/mol. The molecule has 1 aliphatic heterocycles. The van der Waals surface area contributed by atoms with E-state index in [0.29, 0.717) is 16.9 Å². The number of piperidine rings is 1. The fourth-order valence-electron chi connectivity index (χ4n) is 7.69. The molecule has 0 spiro atoms. The van der Waals surface area contributed by atoms with Crippen molar-refractivity contribution >= 4 is 11.6 Å². The highest BCUT2D eigenvalue weighted by Crippen LogP contribution is 2.66. The second-order valence-electron chi connectivity index (χ2n) is 10.6. The van der Waals surface area contributed by atoms with Crippen LogP contribution in [0.1, 0.15) is 63.9 Å². The van der Waals surface area contributed by atoms with Gasteiger partial charge in [0.25, 0.3) is 0 Å². The Labute approximate surface area is 170 Å². The Morgan fingerprint density at radius 2 is 1.67 bits per heavy atom. The van der Waals surface area contributed by atoms with E-state index in [1.54, 1.807) is 5.56 Å². The van der Waals surface area contributed by atoms with E-state index >= 15 is 0 Å². The molecule has 4 saturated carbocycles. The number of hydrogen-bond donors (Lipinski definition) is 1. The first-order chi connectivity index (χ1) is 13.0. The van der Waals surface area contributed by atoms with Gasteiger partial charge in [-0.05, 0) is 119 Å². The molecule has 3 heteroatoms. The number of rotatable bonds is 4.